The Morgan fingerprint density at radius 1 is 1.27 bits per heavy atom. The Morgan fingerprint density at radius 2 is 2.05 bits per heavy atom. The second-order valence-corrected chi connectivity index (χ2v) is 11.2. The lowest BCUT2D eigenvalue weighted by atomic mass is 9.80. The molecule has 2 amide bonds. The highest BCUT2D eigenvalue weighted by molar-refractivity contribution is 6.31. The van der Waals surface area contributed by atoms with Crippen molar-refractivity contribution >= 4 is 23.3 Å². The Bertz CT molecular complexity index is 1170. The van der Waals surface area contributed by atoms with Gasteiger partial charge in [-0.1, -0.05) is 23.7 Å². The number of benzene rings is 2. The highest BCUT2D eigenvalue weighted by atomic mass is 35.5. The summed E-state index contributed by atoms with van der Waals surface area (Å²) in [5.74, 6) is -0.0618. The van der Waals surface area contributed by atoms with E-state index in [2.05, 4.69) is 36.2 Å². The van der Waals surface area contributed by atoms with Gasteiger partial charge in [0.1, 0.15) is 5.82 Å². The van der Waals surface area contributed by atoms with Crippen LogP contribution in [0.3, 0.4) is 0 Å². The van der Waals surface area contributed by atoms with Crippen LogP contribution in [-0.4, -0.2) is 58.8 Å². The first-order valence-corrected chi connectivity index (χ1v) is 13.5. The zero-order chi connectivity index (χ0) is 26.7. The molecular formula is C29H36ClFN4O2. The minimum atomic E-state index is -0.528. The Balaban J connectivity index is 1.51. The van der Waals surface area contributed by atoms with Gasteiger partial charge in [0.25, 0.3) is 0 Å². The lowest BCUT2D eigenvalue weighted by molar-refractivity contribution is 0.0861. The van der Waals surface area contributed by atoms with Crippen molar-refractivity contribution in [3.63, 3.8) is 0 Å². The summed E-state index contributed by atoms with van der Waals surface area (Å²) in [6.07, 6.45) is 3.79. The fourth-order valence-corrected chi connectivity index (χ4v) is 6.26. The third kappa shape index (κ3) is 5.93. The van der Waals surface area contributed by atoms with E-state index in [-0.39, 0.29) is 41.2 Å². The summed E-state index contributed by atoms with van der Waals surface area (Å²) in [7, 11) is 0. The Labute approximate surface area is 224 Å². The highest BCUT2D eigenvalue weighted by Gasteiger charge is 2.58. The van der Waals surface area contributed by atoms with Gasteiger partial charge in [0.2, 0.25) is 0 Å². The van der Waals surface area contributed by atoms with Crippen LogP contribution >= 0.6 is 11.6 Å². The number of nitrogens with zero attached hydrogens (tertiary/aromatic N) is 3. The SMILES string of the molecule is CC(C)N(CCN(C(=O)Nc1ccc(F)c(Cl)c1)[C@@H]1CC[C@]2(c3cccc(C#N)c3)CC2C1)C(C)CO. The largest absolute Gasteiger partial charge is 0.395 e. The van der Waals surface area contributed by atoms with Crippen molar-refractivity contribution in [1.29, 1.82) is 5.26 Å². The van der Waals surface area contributed by atoms with E-state index in [4.69, 9.17) is 11.6 Å². The second kappa shape index (κ2) is 11.4. The maximum Gasteiger partial charge on any atom is 0.322 e. The van der Waals surface area contributed by atoms with E-state index < -0.39 is 5.82 Å². The zero-order valence-corrected chi connectivity index (χ0v) is 22.5. The summed E-state index contributed by atoms with van der Waals surface area (Å²) < 4.78 is 13.7. The molecule has 0 spiro atoms. The number of carbonyl (C=O) groups excluding carboxylic acids is 1. The summed E-state index contributed by atoms with van der Waals surface area (Å²) in [6.45, 7) is 7.36. The number of rotatable bonds is 9. The summed E-state index contributed by atoms with van der Waals surface area (Å²) in [6, 6.07) is 14.4. The molecular weight excluding hydrogens is 491 g/mol. The third-order valence-corrected chi connectivity index (χ3v) is 8.53. The molecule has 2 N–H and O–H groups in total. The maximum absolute atomic E-state index is 13.7. The van der Waals surface area contributed by atoms with Crippen LogP contribution in [0.2, 0.25) is 5.02 Å². The van der Waals surface area contributed by atoms with Gasteiger partial charge in [0, 0.05) is 36.9 Å². The average Bonchev–Trinajstić information content (AvgIpc) is 3.63. The molecule has 2 unspecified atom stereocenters. The van der Waals surface area contributed by atoms with Crippen molar-refractivity contribution < 1.29 is 14.3 Å². The van der Waals surface area contributed by atoms with E-state index in [1.807, 2.05) is 30.0 Å². The number of aliphatic hydroxyl groups is 1. The quantitative estimate of drug-likeness (QED) is 0.433. The number of anilines is 1. The third-order valence-electron chi connectivity index (χ3n) is 8.24. The molecule has 2 fully saturated rings. The second-order valence-electron chi connectivity index (χ2n) is 10.8. The van der Waals surface area contributed by atoms with Crippen LogP contribution in [0.4, 0.5) is 14.9 Å². The van der Waals surface area contributed by atoms with Crippen LogP contribution in [0.15, 0.2) is 42.5 Å². The predicted molar refractivity (Wildman–Crippen MR) is 144 cm³/mol. The Kier molecular flexibility index (Phi) is 8.42. The molecule has 0 saturated heterocycles. The first kappa shape index (κ1) is 27.4. The minimum absolute atomic E-state index is 0.0179. The first-order valence-electron chi connectivity index (χ1n) is 13.1. The molecule has 37 heavy (non-hydrogen) atoms. The molecule has 8 heteroatoms. The van der Waals surface area contributed by atoms with Gasteiger partial charge in [-0.15, -0.1) is 0 Å². The van der Waals surface area contributed by atoms with Crippen LogP contribution in [0, 0.1) is 23.1 Å². The summed E-state index contributed by atoms with van der Waals surface area (Å²) in [5, 5.41) is 22.0. The Hall–Kier alpha value is -2.66. The number of hydrogen-bond donors (Lipinski definition) is 2. The van der Waals surface area contributed by atoms with Gasteiger partial charge < -0.3 is 15.3 Å². The number of urea groups is 1. The van der Waals surface area contributed by atoms with Gasteiger partial charge in [0.05, 0.1) is 23.3 Å². The van der Waals surface area contributed by atoms with Crippen molar-refractivity contribution in [2.75, 3.05) is 25.0 Å². The van der Waals surface area contributed by atoms with Crippen LogP contribution in [0.1, 0.15) is 57.6 Å². The zero-order valence-electron chi connectivity index (χ0n) is 21.8. The number of amides is 2. The smallest absolute Gasteiger partial charge is 0.322 e. The minimum Gasteiger partial charge on any atom is -0.395 e. The molecule has 4 rings (SSSR count). The predicted octanol–water partition coefficient (Wildman–Crippen LogP) is 5.79. The standard InChI is InChI=1S/C29H36ClFN4O2/c1-19(2)34(20(3)18-36)11-12-35(28(37)33-24-7-8-27(31)26(30)15-24)25-9-10-29(16-23(29)14-25)22-6-4-5-21(13-22)17-32/h4-8,13,15,19-20,23,25,36H,9-12,14,16,18H2,1-3H3,(H,33,37)/t20?,23?,25-,29-/m1/s1. The maximum atomic E-state index is 13.7. The van der Waals surface area contributed by atoms with Crippen molar-refractivity contribution in [3.05, 3.63) is 64.4 Å². The lowest BCUT2D eigenvalue weighted by Gasteiger charge is -2.39. The number of aliphatic hydroxyl groups excluding tert-OH is 1. The van der Waals surface area contributed by atoms with E-state index in [9.17, 15) is 19.6 Å². The van der Waals surface area contributed by atoms with E-state index in [0.717, 1.165) is 25.7 Å². The average molecular weight is 527 g/mol. The molecule has 2 aromatic carbocycles. The van der Waals surface area contributed by atoms with Crippen LogP contribution in [0.5, 0.6) is 0 Å². The monoisotopic (exact) mass is 526 g/mol. The molecule has 2 aromatic rings. The van der Waals surface area contributed by atoms with E-state index in [1.165, 1.54) is 23.8 Å². The van der Waals surface area contributed by atoms with Crippen LogP contribution in [0.25, 0.3) is 0 Å². The van der Waals surface area contributed by atoms with Crippen LogP contribution in [-0.2, 0) is 5.41 Å². The summed E-state index contributed by atoms with van der Waals surface area (Å²) in [4.78, 5) is 17.7. The van der Waals surface area contributed by atoms with Crippen LogP contribution < -0.4 is 5.32 Å². The molecule has 0 radical (unpaired) electrons. The van der Waals surface area contributed by atoms with Gasteiger partial charge >= 0.3 is 6.03 Å². The molecule has 0 heterocycles. The molecule has 198 valence electrons. The molecule has 0 bridgehead atoms. The van der Waals surface area contributed by atoms with E-state index in [0.29, 0.717) is 30.3 Å². The molecule has 2 saturated carbocycles. The van der Waals surface area contributed by atoms with Gasteiger partial charge in [-0.2, -0.15) is 5.26 Å². The van der Waals surface area contributed by atoms with E-state index in [1.54, 1.807) is 0 Å². The number of halogens is 2. The van der Waals surface area contributed by atoms with Crippen molar-refractivity contribution in [2.45, 2.75) is 70.0 Å². The summed E-state index contributed by atoms with van der Waals surface area (Å²) in [5.41, 5.74) is 2.47. The highest BCUT2D eigenvalue weighted by Crippen LogP contribution is 2.62. The molecule has 4 atom stereocenters. The number of hydrogen-bond acceptors (Lipinski definition) is 4. The topological polar surface area (TPSA) is 79.6 Å². The number of nitriles is 1. The number of nitrogens with one attached hydrogen (secondary N) is 1. The van der Waals surface area contributed by atoms with Gasteiger partial charge in [-0.3, -0.25) is 4.90 Å². The lowest BCUT2D eigenvalue weighted by Crippen LogP contribution is -2.51. The van der Waals surface area contributed by atoms with Gasteiger partial charge in [-0.25, -0.2) is 9.18 Å². The van der Waals surface area contributed by atoms with Gasteiger partial charge in [-0.05, 0) is 93.7 Å². The molecule has 6 nitrogen and oxygen atoms in total. The van der Waals surface area contributed by atoms with Crippen molar-refractivity contribution in [1.82, 2.24) is 9.80 Å². The molecule has 0 aliphatic heterocycles. The van der Waals surface area contributed by atoms with Gasteiger partial charge in [0.15, 0.2) is 0 Å². The first-order chi connectivity index (χ1) is 17.7. The Morgan fingerprint density at radius 3 is 2.70 bits per heavy atom. The fourth-order valence-electron chi connectivity index (χ4n) is 6.08. The summed E-state index contributed by atoms with van der Waals surface area (Å²) >= 11 is 5.94. The molecule has 2 aliphatic carbocycles. The fraction of sp³-hybridized carbons (Fsp3) is 0.517. The number of carbonyl (C=O) groups is 1. The normalized spacial score (nSPS) is 23.3. The molecule has 0 aromatic heterocycles. The van der Waals surface area contributed by atoms with E-state index >= 15 is 0 Å². The van der Waals surface area contributed by atoms with Crippen molar-refractivity contribution in [2.24, 2.45) is 5.92 Å². The van der Waals surface area contributed by atoms with Crippen molar-refractivity contribution in [3.8, 4) is 6.07 Å². The molecule has 2 aliphatic rings. The number of fused-ring (bicyclic) bond motifs is 1.